The summed E-state index contributed by atoms with van der Waals surface area (Å²) in [7, 11) is 0. The molecule has 17 heavy (non-hydrogen) atoms. The molecular weight excluding hydrogens is 276 g/mol. The van der Waals surface area contributed by atoms with Crippen molar-refractivity contribution in [2.75, 3.05) is 0 Å². The molecule has 0 unspecified atom stereocenters. The highest BCUT2D eigenvalue weighted by atomic mass is 79.9. The third-order valence-electron chi connectivity index (χ3n) is 2.76. The molecule has 88 valence electrons. The minimum absolute atomic E-state index is 0.324. The maximum absolute atomic E-state index is 4.02. The molecule has 0 spiro atoms. The van der Waals surface area contributed by atoms with Gasteiger partial charge in [-0.2, -0.15) is 0 Å². The zero-order chi connectivity index (χ0) is 12.1. The molecule has 0 amide bonds. The monoisotopic (exact) mass is 290 g/mol. The number of nitrogens with zero attached hydrogens (tertiary/aromatic N) is 1. The van der Waals surface area contributed by atoms with E-state index < -0.39 is 0 Å². The molecule has 0 aliphatic carbocycles. The average molecular weight is 291 g/mol. The summed E-state index contributed by atoms with van der Waals surface area (Å²) in [4.78, 5) is 4.02. The Hall–Kier alpha value is -1.19. The fourth-order valence-electron chi connectivity index (χ4n) is 1.67. The van der Waals surface area contributed by atoms with Crippen molar-refractivity contribution in [3.8, 4) is 0 Å². The van der Waals surface area contributed by atoms with Crippen LogP contribution in [0, 0.1) is 0 Å². The summed E-state index contributed by atoms with van der Waals surface area (Å²) in [6.07, 6.45) is 3.65. The second-order valence-corrected chi connectivity index (χ2v) is 4.83. The Morgan fingerprint density at radius 3 is 2.59 bits per heavy atom. The molecule has 2 nitrogen and oxygen atoms in total. The second-order valence-electron chi connectivity index (χ2n) is 3.97. The van der Waals surface area contributed by atoms with Crippen molar-refractivity contribution in [2.45, 2.75) is 19.5 Å². The summed E-state index contributed by atoms with van der Waals surface area (Å²) in [5.74, 6) is 0. The SMILES string of the molecule is C[C@@H](NCc1ccccc1Br)c1ccncc1. The van der Waals surface area contributed by atoms with Crippen LogP contribution in [0.1, 0.15) is 24.1 Å². The van der Waals surface area contributed by atoms with E-state index in [1.165, 1.54) is 11.1 Å². The number of nitrogens with one attached hydrogen (secondary N) is 1. The van der Waals surface area contributed by atoms with Crippen molar-refractivity contribution >= 4 is 15.9 Å². The minimum Gasteiger partial charge on any atom is -0.306 e. The van der Waals surface area contributed by atoms with Gasteiger partial charge in [0.2, 0.25) is 0 Å². The molecule has 0 radical (unpaired) electrons. The molecule has 0 aliphatic heterocycles. The fourth-order valence-corrected chi connectivity index (χ4v) is 2.10. The Bertz CT molecular complexity index is 471. The van der Waals surface area contributed by atoms with Crippen molar-refractivity contribution in [1.29, 1.82) is 0 Å². The summed E-state index contributed by atoms with van der Waals surface area (Å²) in [5, 5.41) is 3.50. The molecule has 1 N–H and O–H groups in total. The summed E-state index contributed by atoms with van der Waals surface area (Å²) >= 11 is 3.55. The molecule has 1 atom stereocenters. The van der Waals surface area contributed by atoms with Crippen LogP contribution in [0.4, 0.5) is 0 Å². The van der Waals surface area contributed by atoms with Crippen LogP contribution in [0.5, 0.6) is 0 Å². The van der Waals surface area contributed by atoms with Gasteiger partial charge in [0.1, 0.15) is 0 Å². The van der Waals surface area contributed by atoms with E-state index in [9.17, 15) is 0 Å². The van der Waals surface area contributed by atoms with Crippen LogP contribution in [0.15, 0.2) is 53.3 Å². The van der Waals surface area contributed by atoms with Crippen molar-refractivity contribution in [2.24, 2.45) is 0 Å². The molecule has 0 saturated carbocycles. The van der Waals surface area contributed by atoms with Gasteiger partial charge in [0.15, 0.2) is 0 Å². The lowest BCUT2D eigenvalue weighted by Gasteiger charge is -2.14. The second kappa shape index (κ2) is 5.94. The van der Waals surface area contributed by atoms with Gasteiger partial charge in [-0.05, 0) is 36.2 Å². The van der Waals surface area contributed by atoms with Gasteiger partial charge in [-0.3, -0.25) is 4.98 Å². The number of halogens is 1. The van der Waals surface area contributed by atoms with Crippen LogP contribution >= 0.6 is 15.9 Å². The quantitative estimate of drug-likeness (QED) is 0.929. The summed E-state index contributed by atoms with van der Waals surface area (Å²) < 4.78 is 1.15. The summed E-state index contributed by atoms with van der Waals surface area (Å²) in [6, 6.07) is 12.7. The highest BCUT2D eigenvalue weighted by Crippen LogP contribution is 2.17. The van der Waals surface area contributed by atoms with E-state index in [4.69, 9.17) is 0 Å². The Morgan fingerprint density at radius 2 is 1.88 bits per heavy atom. The molecular formula is C14H15BrN2. The van der Waals surface area contributed by atoms with Crippen LogP contribution in [0.2, 0.25) is 0 Å². The molecule has 3 heteroatoms. The van der Waals surface area contributed by atoms with Gasteiger partial charge in [-0.1, -0.05) is 34.1 Å². The van der Waals surface area contributed by atoms with Crippen molar-refractivity contribution in [1.82, 2.24) is 10.3 Å². The Labute approximate surface area is 110 Å². The molecule has 2 aromatic rings. The van der Waals surface area contributed by atoms with Gasteiger partial charge in [-0.15, -0.1) is 0 Å². The number of hydrogen-bond acceptors (Lipinski definition) is 2. The predicted molar refractivity (Wildman–Crippen MR) is 73.6 cm³/mol. The van der Waals surface area contributed by atoms with Crippen LogP contribution in [-0.2, 0) is 6.54 Å². The molecule has 0 bridgehead atoms. The molecule has 0 fully saturated rings. The first-order valence-corrected chi connectivity index (χ1v) is 6.43. The number of benzene rings is 1. The molecule has 1 aromatic carbocycles. The minimum atomic E-state index is 0.324. The lowest BCUT2D eigenvalue weighted by atomic mass is 10.1. The zero-order valence-corrected chi connectivity index (χ0v) is 11.3. The number of pyridine rings is 1. The number of aromatic nitrogens is 1. The standard InChI is InChI=1S/C14H15BrN2/c1-11(12-6-8-16-9-7-12)17-10-13-4-2-3-5-14(13)15/h2-9,11,17H,10H2,1H3/t11-/m1/s1. The van der Waals surface area contributed by atoms with E-state index in [1.54, 1.807) is 0 Å². The van der Waals surface area contributed by atoms with E-state index in [1.807, 2.05) is 30.6 Å². The lowest BCUT2D eigenvalue weighted by molar-refractivity contribution is 0.573. The number of hydrogen-bond donors (Lipinski definition) is 1. The average Bonchev–Trinajstić information content (AvgIpc) is 2.38. The van der Waals surface area contributed by atoms with E-state index in [-0.39, 0.29) is 0 Å². The van der Waals surface area contributed by atoms with Crippen molar-refractivity contribution in [3.63, 3.8) is 0 Å². The maximum Gasteiger partial charge on any atom is 0.0296 e. The van der Waals surface area contributed by atoms with Gasteiger partial charge >= 0.3 is 0 Å². The molecule has 0 saturated heterocycles. The smallest absolute Gasteiger partial charge is 0.0296 e. The third kappa shape index (κ3) is 3.38. The summed E-state index contributed by atoms with van der Waals surface area (Å²) in [6.45, 7) is 3.01. The zero-order valence-electron chi connectivity index (χ0n) is 9.73. The Balaban J connectivity index is 1.97. The van der Waals surface area contributed by atoms with Crippen molar-refractivity contribution < 1.29 is 0 Å². The topological polar surface area (TPSA) is 24.9 Å². The Kier molecular flexibility index (Phi) is 4.29. The maximum atomic E-state index is 4.02. The van der Waals surface area contributed by atoms with Gasteiger partial charge in [0, 0.05) is 29.5 Å². The van der Waals surface area contributed by atoms with Crippen molar-refractivity contribution in [3.05, 3.63) is 64.4 Å². The van der Waals surface area contributed by atoms with Gasteiger partial charge in [-0.25, -0.2) is 0 Å². The van der Waals surface area contributed by atoms with Crippen LogP contribution in [0.25, 0.3) is 0 Å². The first-order chi connectivity index (χ1) is 8.27. The van der Waals surface area contributed by atoms with E-state index in [2.05, 4.69) is 51.4 Å². The predicted octanol–water partition coefficient (Wildman–Crippen LogP) is 3.69. The fraction of sp³-hybridized carbons (Fsp3) is 0.214. The van der Waals surface area contributed by atoms with Crippen LogP contribution in [0.3, 0.4) is 0 Å². The normalized spacial score (nSPS) is 12.4. The third-order valence-corrected chi connectivity index (χ3v) is 3.54. The largest absolute Gasteiger partial charge is 0.306 e. The number of rotatable bonds is 4. The van der Waals surface area contributed by atoms with E-state index >= 15 is 0 Å². The Morgan fingerprint density at radius 1 is 1.18 bits per heavy atom. The van der Waals surface area contributed by atoms with Gasteiger partial charge in [0.05, 0.1) is 0 Å². The first kappa shape index (κ1) is 12.3. The van der Waals surface area contributed by atoms with E-state index in [0.717, 1.165) is 11.0 Å². The van der Waals surface area contributed by atoms with Crippen LogP contribution in [-0.4, -0.2) is 4.98 Å². The first-order valence-electron chi connectivity index (χ1n) is 5.64. The van der Waals surface area contributed by atoms with E-state index in [0.29, 0.717) is 6.04 Å². The molecule has 1 heterocycles. The highest BCUT2D eigenvalue weighted by Gasteiger charge is 2.05. The lowest BCUT2D eigenvalue weighted by Crippen LogP contribution is -2.18. The van der Waals surface area contributed by atoms with Crippen LogP contribution < -0.4 is 5.32 Å². The molecule has 0 aliphatic rings. The van der Waals surface area contributed by atoms with Gasteiger partial charge < -0.3 is 5.32 Å². The highest BCUT2D eigenvalue weighted by molar-refractivity contribution is 9.10. The van der Waals surface area contributed by atoms with Gasteiger partial charge in [0.25, 0.3) is 0 Å². The molecule has 2 rings (SSSR count). The molecule has 1 aromatic heterocycles. The summed E-state index contributed by atoms with van der Waals surface area (Å²) in [5.41, 5.74) is 2.53.